The minimum atomic E-state index is -3.54. The first-order chi connectivity index (χ1) is 9.41. The molecule has 20 heavy (non-hydrogen) atoms. The Morgan fingerprint density at radius 1 is 1.45 bits per heavy atom. The third kappa shape index (κ3) is 4.57. The van der Waals surface area contributed by atoms with E-state index in [-0.39, 0.29) is 17.7 Å². The number of nitrogens with one attached hydrogen (secondary N) is 1. The van der Waals surface area contributed by atoms with Crippen molar-refractivity contribution >= 4 is 10.0 Å². The Kier molecular flexibility index (Phi) is 6.63. The van der Waals surface area contributed by atoms with E-state index >= 15 is 0 Å². The lowest BCUT2D eigenvalue weighted by atomic mass is 10.2. The van der Waals surface area contributed by atoms with Gasteiger partial charge in [-0.15, -0.1) is 0 Å². The van der Waals surface area contributed by atoms with Crippen LogP contribution in [0.15, 0.2) is 21.6 Å². The SMILES string of the molecule is COCC(CCO)NCc1ccc(S(=O)(=O)N(C)C)o1. The fourth-order valence-corrected chi connectivity index (χ4v) is 2.43. The quantitative estimate of drug-likeness (QED) is 0.668. The monoisotopic (exact) mass is 306 g/mol. The third-order valence-corrected chi connectivity index (χ3v) is 4.47. The molecule has 1 heterocycles. The average molecular weight is 306 g/mol. The number of ether oxygens (including phenoxy) is 1. The van der Waals surface area contributed by atoms with Gasteiger partial charge in [-0.2, -0.15) is 0 Å². The molecule has 0 radical (unpaired) electrons. The maximum Gasteiger partial charge on any atom is 0.275 e. The molecule has 0 aromatic carbocycles. The Balaban J connectivity index is 2.64. The molecule has 1 aromatic rings. The summed E-state index contributed by atoms with van der Waals surface area (Å²) >= 11 is 0. The molecule has 0 spiro atoms. The normalized spacial score (nSPS) is 13.8. The zero-order valence-electron chi connectivity index (χ0n) is 12.0. The second kappa shape index (κ2) is 7.75. The van der Waals surface area contributed by atoms with Gasteiger partial charge in [-0.1, -0.05) is 0 Å². The Morgan fingerprint density at radius 3 is 2.70 bits per heavy atom. The van der Waals surface area contributed by atoms with Crippen molar-refractivity contribution < 1.29 is 22.7 Å². The summed E-state index contributed by atoms with van der Waals surface area (Å²) in [5.74, 6) is 0.518. The van der Waals surface area contributed by atoms with Gasteiger partial charge in [0.25, 0.3) is 10.0 Å². The van der Waals surface area contributed by atoms with Crippen LogP contribution in [0.4, 0.5) is 0 Å². The Hall–Kier alpha value is -0.930. The van der Waals surface area contributed by atoms with Gasteiger partial charge in [-0.3, -0.25) is 0 Å². The third-order valence-electron chi connectivity index (χ3n) is 2.78. The van der Waals surface area contributed by atoms with Gasteiger partial charge in [0, 0.05) is 33.9 Å². The summed E-state index contributed by atoms with van der Waals surface area (Å²) in [5.41, 5.74) is 0. The van der Waals surface area contributed by atoms with Crippen LogP contribution in [0, 0.1) is 0 Å². The molecule has 0 amide bonds. The van der Waals surface area contributed by atoms with E-state index in [9.17, 15) is 8.42 Å². The predicted octanol–water partition coefficient (Wildman–Crippen LogP) is 0.0169. The van der Waals surface area contributed by atoms with E-state index in [1.165, 1.54) is 20.2 Å². The van der Waals surface area contributed by atoms with E-state index in [4.69, 9.17) is 14.3 Å². The predicted molar refractivity (Wildman–Crippen MR) is 73.8 cm³/mol. The number of furan rings is 1. The molecule has 2 N–H and O–H groups in total. The summed E-state index contributed by atoms with van der Waals surface area (Å²) in [6, 6.07) is 3.04. The summed E-state index contributed by atoms with van der Waals surface area (Å²) in [4.78, 5) is 0. The minimum Gasteiger partial charge on any atom is -0.447 e. The largest absolute Gasteiger partial charge is 0.447 e. The highest BCUT2D eigenvalue weighted by atomic mass is 32.2. The Bertz CT molecular complexity index is 492. The van der Waals surface area contributed by atoms with Crippen LogP contribution in [0.2, 0.25) is 0 Å². The summed E-state index contributed by atoms with van der Waals surface area (Å²) in [6.07, 6.45) is 0.553. The van der Waals surface area contributed by atoms with Gasteiger partial charge in [0.15, 0.2) is 0 Å². The molecule has 0 fully saturated rings. The first kappa shape index (κ1) is 17.1. The van der Waals surface area contributed by atoms with Gasteiger partial charge in [0.2, 0.25) is 5.09 Å². The molecule has 0 aliphatic rings. The van der Waals surface area contributed by atoms with Crippen molar-refractivity contribution in [2.75, 3.05) is 34.4 Å². The first-order valence-corrected chi connectivity index (χ1v) is 7.70. The molecule has 8 heteroatoms. The van der Waals surface area contributed by atoms with Crippen LogP contribution in [-0.2, 0) is 21.3 Å². The fraction of sp³-hybridized carbons (Fsp3) is 0.667. The van der Waals surface area contributed by atoms with Gasteiger partial charge in [-0.05, 0) is 18.6 Å². The molecule has 0 aliphatic heterocycles. The number of sulfonamides is 1. The lowest BCUT2D eigenvalue weighted by Crippen LogP contribution is -2.33. The number of methoxy groups -OCH3 is 1. The minimum absolute atomic E-state index is 0.0102. The molecule has 116 valence electrons. The Labute approximate surface area is 119 Å². The molecule has 1 unspecified atom stereocenters. The molecule has 0 bridgehead atoms. The smallest absolute Gasteiger partial charge is 0.275 e. The topological polar surface area (TPSA) is 92.0 Å². The van der Waals surface area contributed by atoms with Gasteiger partial charge in [0.05, 0.1) is 13.2 Å². The van der Waals surface area contributed by atoms with Crippen LogP contribution in [0.25, 0.3) is 0 Å². The number of hydrogen-bond acceptors (Lipinski definition) is 6. The molecular formula is C12H22N2O5S. The standard InChI is InChI=1S/C12H22N2O5S/c1-14(2)20(16,17)12-5-4-11(19-12)8-13-10(6-7-15)9-18-3/h4-5,10,13,15H,6-9H2,1-3H3. The number of nitrogens with zero attached hydrogens (tertiary/aromatic N) is 1. The molecule has 0 saturated heterocycles. The highest BCUT2D eigenvalue weighted by Crippen LogP contribution is 2.16. The van der Waals surface area contributed by atoms with Gasteiger partial charge >= 0.3 is 0 Å². The average Bonchev–Trinajstić information content (AvgIpc) is 2.85. The molecule has 0 aliphatic carbocycles. The van der Waals surface area contributed by atoms with Crippen molar-refractivity contribution in [3.8, 4) is 0 Å². The fourth-order valence-electron chi connectivity index (χ4n) is 1.62. The maximum absolute atomic E-state index is 11.8. The van der Waals surface area contributed by atoms with Gasteiger partial charge < -0.3 is 19.6 Å². The van der Waals surface area contributed by atoms with Gasteiger partial charge in [0.1, 0.15) is 5.76 Å². The van der Waals surface area contributed by atoms with E-state index in [1.54, 1.807) is 13.2 Å². The summed E-state index contributed by atoms with van der Waals surface area (Å²) in [7, 11) is 0.943. The number of aliphatic hydroxyl groups excluding tert-OH is 1. The van der Waals surface area contributed by atoms with E-state index in [0.29, 0.717) is 25.3 Å². The van der Waals surface area contributed by atoms with Crippen molar-refractivity contribution in [3.63, 3.8) is 0 Å². The van der Waals surface area contributed by atoms with Crippen molar-refractivity contribution in [1.29, 1.82) is 0 Å². The van der Waals surface area contributed by atoms with E-state index in [0.717, 1.165) is 4.31 Å². The van der Waals surface area contributed by atoms with E-state index in [2.05, 4.69) is 5.32 Å². The first-order valence-electron chi connectivity index (χ1n) is 6.26. The van der Waals surface area contributed by atoms with Crippen LogP contribution < -0.4 is 5.32 Å². The second-order valence-corrected chi connectivity index (χ2v) is 6.64. The van der Waals surface area contributed by atoms with Crippen LogP contribution >= 0.6 is 0 Å². The maximum atomic E-state index is 11.8. The zero-order valence-corrected chi connectivity index (χ0v) is 12.8. The lowest BCUT2D eigenvalue weighted by molar-refractivity contribution is 0.146. The molecule has 1 atom stereocenters. The van der Waals surface area contributed by atoms with Crippen LogP contribution in [0.5, 0.6) is 0 Å². The number of hydrogen-bond donors (Lipinski definition) is 2. The Morgan fingerprint density at radius 2 is 2.15 bits per heavy atom. The van der Waals surface area contributed by atoms with Crippen LogP contribution in [0.3, 0.4) is 0 Å². The van der Waals surface area contributed by atoms with Crippen LogP contribution in [0.1, 0.15) is 12.2 Å². The van der Waals surface area contributed by atoms with Crippen molar-refractivity contribution in [3.05, 3.63) is 17.9 Å². The van der Waals surface area contributed by atoms with Crippen molar-refractivity contribution in [2.24, 2.45) is 0 Å². The number of aliphatic hydroxyl groups is 1. The van der Waals surface area contributed by atoms with Crippen molar-refractivity contribution in [1.82, 2.24) is 9.62 Å². The second-order valence-electron chi connectivity index (χ2n) is 4.55. The number of rotatable bonds is 9. The highest BCUT2D eigenvalue weighted by molar-refractivity contribution is 7.88. The lowest BCUT2D eigenvalue weighted by Gasteiger charge is -2.15. The summed E-state index contributed by atoms with van der Waals surface area (Å²) in [6.45, 7) is 0.889. The molecule has 0 saturated carbocycles. The van der Waals surface area contributed by atoms with Crippen molar-refractivity contribution in [2.45, 2.75) is 24.1 Å². The molecule has 1 rings (SSSR count). The van der Waals surface area contributed by atoms with E-state index in [1.807, 2.05) is 0 Å². The summed E-state index contributed by atoms with van der Waals surface area (Å²) < 4.78 is 35.1. The zero-order chi connectivity index (χ0) is 15.2. The van der Waals surface area contributed by atoms with E-state index < -0.39 is 10.0 Å². The highest BCUT2D eigenvalue weighted by Gasteiger charge is 2.21. The van der Waals surface area contributed by atoms with Gasteiger partial charge in [-0.25, -0.2) is 12.7 Å². The molecular weight excluding hydrogens is 284 g/mol. The molecule has 1 aromatic heterocycles. The molecule has 7 nitrogen and oxygen atoms in total. The summed E-state index contributed by atoms with van der Waals surface area (Å²) in [5, 5.41) is 12.0. The van der Waals surface area contributed by atoms with Crippen LogP contribution in [-0.4, -0.2) is 58.3 Å².